The van der Waals surface area contributed by atoms with Crippen LogP contribution in [-0.2, 0) is 18.5 Å². The number of halogens is 2. The highest BCUT2D eigenvalue weighted by molar-refractivity contribution is 14.1. The molecule has 0 heterocycles. The van der Waals surface area contributed by atoms with E-state index >= 15 is 0 Å². The summed E-state index contributed by atoms with van der Waals surface area (Å²) in [4.78, 5) is 15.6. The second-order valence-corrected chi connectivity index (χ2v) is 17.2. The van der Waals surface area contributed by atoms with Crippen LogP contribution in [0.15, 0.2) is 93.5 Å². The predicted octanol–water partition coefficient (Wildman–Crippen LogP) is 7.83. The van der Waals surface area contributed by atoms with Gasteiger partial charge in [-0.2, -0.15) is 8.42 Å². The van der Waals surface area contributed by atoms with Gasteiger partial charge in [0.05, 0.1) is 11.2 Å². The predicted molar refractivity (Wildman–Crippen MR) is 161 cm³/mol. The van der Waals surface area contributed by atoms with Crippen molar-refractivity contribution in [2.45, 2.75) is 47.8 Å². The van der Waals surface area contributed by atoms with E-state index in [1.807, 2.05) is 78.9 Å². The van der Waals surface area contributed by atoms with Crippen molar-refractivity contribution in [2.75, 3.05) is 5.75 Å². The first-order valence-corrected chi connectivity index (χ1v) is 17.2. The lowest BCUT2D eigenvalue weighted by atomic mass is 9.70. The molecule has 5 rings (SSSR count). The van der Waals surface area contributed by atoms with Crippen molar-refractivity contribution in [1.29, 1.82) is 0 Å². The molecule has 0 aromatic heterocycles. The third-order valence-electron chi connectivity index (χ3n) is 8.13. The zero-order valence-electron chi connectivity index (χ0n) is 20.1. The molecule has 0 spiro atoms. The highest BCUT2D eigenvalue weighted by Crippen LogP contribution is 2.71. The number of hydrogen-bond acceptors (Lipinski definition) is 4. The summed E-state index contributed by atoms with van der Waals surface area (Å²) in [6.07, 6.45) is 1.96. The maximum Gasteiger partial charge on any atom is 0.278 e. The van der Waals surface area contributed by atoms with Crippen LogP contribution in [0.25, 0.3) is 0 Å². The number of rotatable bonds is 7. The zero-order valence-corrected chi connectivity index (χ0v) is 26.1. The third-order valence-corrected chi connectivity index (χ3v) is 14.9. The van der Waals surface area contributed by atoms with Crippen molar-refractivity contribution < 1.29 is 16.8 Å². The standard InChI is InChI=1S/C28H28I2O4S2/c1-27(2)20-16-17-28(27,26(31)18-20)19-35(32,33)34-36(23-6-4-3-5-7-23,24-12-8-21(29)9-13-24)25-14-10-22(30)11-15-25/h3-15,20H,16-19H2,1-2H3. The Labute approximate surface area is 242 Å². The Morgan fingerprint density at radius 1 is 0.833 bits per heavy atom. The number of benzene rings is 3. The van der Waals surface area contributed by atoms with Crippen molar-refractivity contribution in [3.05, 3.63) is 86.0 Å². The molecule has 0 N–H and O–H groups in total. The SMILES string of the molecule is CC1(C)C2CCC1(CS(=O)(=O)OS(c1ccccc1)(c1ccc(I)cc1)c1ccc(I)cc1)C(=O)C2. The van der Waals surface area contributed by atoms with Crippen LogP contribution in [0.4, 0.5) is 0 Å². The average molecular weight is 746 g/mol. The molecular formula is C28H28I2O4S2. The minimum absolute atomic E-state index is 0.0692. The van der Waals surface area contributed by atoms with Crippen LogP contribution < -0.4 is 0 Å². The normalized spacial score (nSPS) is 23.7. The van der Waals surface area contributed by atoms with Crippen LogP contribution in [0.2, 0.25) is 0 Å². The monoisotopic (exact) mass is 746 g/mol. The lowest BCUT2D eigenvalue weighted by molar-refractivity contribution is -0.128. The van der Waals surface area contributed by atoms with Crippen molar-refractivity contribution in [3.8, 4) is 0 Å². The van der Waals surface area contributed by atoms with Crippen LogP contribution >= 0.6 is 55.5 Å². The third kappa shape index (κ3) is 4.38. The second-order valence-electron chi connectivity index (χ2n) is 10.2. The zero-order chi connectivity index (χ0) is 25.8. The van der Waals surface area contributed by atoms with Crippen LogP contribution in [0.5, 0.6) is 0 Å². The van der Waals surface area contributed by atoms with Gasteiger partial charge in [-0.05, 0) is 140 Å². The van der Waals surface area contributed by atoms with E-state index < -0.39 is 25.8 Å². The number of fused-ring (bicyclic) bond motifs is 2. The smallest absolute Gasteiger partial charge is 0.278 e. The summed E-state index contributed by atoms with van der Waals surface area (Å²) >= 11 is 4.50. The summed E-state index contributed by atoms with van der Waals surface area (Å²) in [6, 6.07) is 25.4. The minimum atomic E-state index is -4.12. The van der Waals surface area contributed by atoms with E-state index in [1.165, 1.54) is 0 Å². The average Bonchev–Trinajstić information content (AvgIpc) is 3.18. The summed E-state index contributed by atoms with van der Waals surface area (Å²) in [5.74, 6) is 0.0251. The van der Waals surface area contributed by atoms with Gasteiger partial charge in [0, 0.05) is 28.2 Å². The number of ketones is 1. The maximum absolute atomic E-state index is 14.1. The van der Waals surface area contributed by atoms with Gasteiger partial charge in [0.1, 0.15) is 5.78 Å². The van der Waals surface area contributed by atoms with Gasteiger partial charge in [-0.3, -0.25) is 4.79 Å². The molecule has 0 saturated heterocycles. The molecule has 3 aromatic carbocycles. The van der Waals surface area contributed by atoms with Crippen LogP contribution in [-0.4, -0.2) is 20.0 Å². The molecule has 0 aliphatic heterocycles. The highest BCUT2D eigenvalue weighted by atomic mass is 127. The lowest BCUT2D eigenvalue weighted by Crippen LogP contribution is -2.42. The second kappa shape index (κ2) is 9.66. The molecule has 0 amide bonds. The molecule has 2 aliphatic carbocycles. The van der Waals surface area contributed by atoms with Gasteiger partial charge >= 0.3 is 0 Å². The number of hydrogen-bond donors (Lipinski definition) is 0. The van der Waals surface area contributed by atoms with Crippen molar-refractivity contribution in [1.82, 2.24) is 0 Å². The van der Waals surface area contributed by atoms with E-state index in [0.717, 1.165) is 28.2 Å². The first-order valence-electron chi connectivity index (χ1n) is 11.9. The summed E-state index contributed by atoms with van der Waals surface area (Å²) in [5.41, 5.74) is -1.26. The Morgan fingerprint density at radius 2 is 1.33 bits per heavy atom. The summed E-state index contributed by atoms with van der Waals surface area (Å²) in [7, 11) is -6.77. The van der Waals surface area contributed by atoms with Crippen LogP contribution in [0.1, 0.15) is 33.1 Å². The first kappa shape index (κ1) is 26.6. The topological polar surface area (TPSA) is 60.4 Å². The Bertz CT molecular complexity index is 1340. The maximum atomic E-state index is 14.1. The van der Waals surface area contributed by atoms with Gasteiger partial charge in [0.2, 0.25) is 0 Å². The molecule has 2 bridgehead atoms. The molecule has 36 heavy (non-hydrogen) atoms. The number of carbonyl (C=O) groups excluding carboxylic acids is 1. The van der Waals surface area contributed by atoms with E-state index in [4.69, 9.17) is 3.63 Å². The fraction of sp³-hybridized carbons (Fsp3) is 0.321. The van der Waals surface area contributed by atoms with E-state index in [2.05, 4.69) is 59.0 Å². The van der Waals surface area contributed by atoms with E-state index in [0.29, 0.717) is 12.8 Å². The molecule has 2 atom stereocenters. The molecule has 4 nitrogen and oxygen atoms in total. The Balaban J connectivity index is 1.69. The molecule has 0 radical (unpaired) electrons. The van der Waals surface area contributed by atoms with Crippen molar-refractivity contribution in [2.24, 2.45) is 16.7 Å². The van der Waals surface area contributed by atoms with Crippen LogP contribution in [0.3, 0.4) is 0 Å². The number of carbonyl (C=O) groups is 1. The largest absolute Gasteiger partial charge is 0.299 e. The van der Waals surface area contributed by atoms with Gasteiger partial charge in [0.25, 0.3) is 10.1 Å². The van der Waals surface area contributed by atoms with E-state index in [-0.39, 0.29) is 22.9 Å². The van der Waals surface area contributed by atoms with E-state index in [9.17, 15) is 13.2 Å². The molecule has 8 heteroatoms. The summed E-state index contributed by atoms with van der Waals surface area (Å²) in [5, 5.41) is 0. The Morgan fingerprint density at radius 3 is 1.78 bits per heavy atom. The number of Topliss-reactive ketones (excluding diaryl/α,β-unsaturated/α-hetero) is 1. The Hall–Kier alpha value is -0.950. The van der Waals surface area contributed by atoms with Crippen LogP contribution in [0, 0.1) is 23.9 Å². The molecule has 2 aliphatic rings. The molecule has 190 valence electrons. The highest BCUT2D eigenvalue weighted by Gasteiger charge is 2.65. The van der Waals surface area contributed by atoms with Gasteiger partial charge in [-0.1, -0.05) is 32.0 Å². The van der Waals surface area contributed by atoms with Crippen molar-refractivity contribution >= 4 is 71.4 Å². The molecule has 2 fully saturated rings. The fourth-order valence-corrected chi connectivity index (χ4v) is 12.8. The molecule has 2 saturated carbocycles. The van der Waals surface area contributed by atoms with Crippen molar-refractivity contribution in [3.63, 3.8) is 0 Å². The molecule has 3 aromatic rings. The van der Waals surface area contributed by atoms with E-state index in [1.54, 1.807) is 0 Å². The summed E-state index contributed by atoms with van der Waals surface area (Å²) in [6.45, 7) is 4.11. The van der Waals surface area contributed by atoms with Gasteiger partial charge < -0.3 is 0 Å². The fourth-order valence-electron chi connectivity index (χ4n) is 5.98. The summed E-state index contributed by atoms with van der Waals surface area (Å²) < 4.78 is 36.8. The minimum Gasteiger partial charge on any atom is -0.299 e. The first-order chi connectivity index (χ1) is 17.0. The molecule has 2 unspecified atom stereocenters. The Kier molecular flexibility index (Phi) is 7.15. The van der Waals surface area contributed by atoms with Gasteiger partial charge in [-0.15, -0.1) is 0 Å². The van der Waals surface area contributed by atoms with Gasteiger partial charge in [-0.25, -0.2) is 3.63 Å². The van der Waals surface area contributed by atoms with Gasteiger partial charge in [0.15, 0.2) is 0 Å². The lowest BCUT2D eigenvalue weighted by Gasteiger charge is -2.41. The quantitative estimate of drug-likeness (QED) is 0.232. The molecular weight excluding hydrogens is 718 g/mol.